The van der Waals surface area contributed by atoms with Crippen LogP contribution in [0.3, 0.4) is 0 Å². The Balaban J connectivity index is 3.27. The highest BCUT2D eigenvalue weighted by atomic mass is 32.2. The van der Waals surface area contributed by atoms with Crippen LogP contribution in [0.15, 0.2) is 28.0 Å². The third-order valence-corrected chi connectivity index (χ3v) is 4.22. The molecular weight excluding hydrogens is 282 g/mol. The molecule has 0 spiro atoms. The summed E-state index contributed by atoms with van der Waals surface area (Å²) in [5.41, 5.74) is -0.484. The van der Waals surface area contributed by atoms with Crippen LogP contribution < -0.4 is 0 Å². The maximum atomic E-state index is 11.6. The number of nitrogens with zero attached hydrogens (tertiary/aromatic N) is 1. The molecule has 0 radical (unpaired) electrons. The van der Waals surface area contributed by atoms with Crippen LogP contribution in [0.4, 0.5) is 5.69 Å². The molecule has 0 fully saturated rings. The van der Waals surface area contributed by atoms with Gasteiger partial charge in [-0.3, -0.25) is 23.3 Å². The number of hydrogen-bond donors (Lipinski definition) is 1. The van der Waals surface area contributed by atoms with Gasteiger partial charge in [-0.05, 0) is 12.1 Å². The molecule has 2 atom stereocenters. The first-order valence-corrected chi connectivity index (χ1v) is 7.42. The molecule has 0 aliphatic carbocycles. The van der Waals surface area contributed by atoms with Gasteiger partial charge in [-0.25, -0.2) is 0 Å². The quantitative estimate of drug-likeness (QED) is 0.625. The van der Waals surface area contributed by atoms with Crippen molar-refractivity contribution in [3.63, 3.8) is 0 Å². The summed E-state index contributed by atoms with van der Waals surface area (Å²) < 4.78 is 22.8. The lowest BCUT2D eigenvalue weighted by Gasteiger charge is -2.03. The molecule has 0 bridgehead atoms. The van der Waals surface area contributed by atoms with Crippen molar-refractivity contribution in [1.82, 2.24) is 0 Å². The molecule has 18 heavy (non-hydrogen) atoms. The summed E-state index contributed by atoms with van der Waals surface area (Å²) >= 11 is 0. The van der Waals surface area contributed by atoms with Crippen molar-refractivity contribution in [2.24, 2.45) is 0 Å². The monoisotopic (exact) mass is 291 g/mol. The number of rotatable bonds is 5. The molecule has 0 aromatic heterocycles. The summed E-state index contributed by atoms with van der Waals surface area (Å²) in [6.45, 7) is 0. The van der Waals surface area contributed by atoms with Gasteiger partial charge in [-0.1, -0.05) is 0 Å². The van der Waals surface area contributed by atoms with Gasteiger partial charge in [-0.2, -0.15) is 0 Å². The van der Waals surface area contributed by atoms with E-state index in [1.807, 2.05) is 0 Å². The highest BCUT2D eigenvalue weighted by Gasteiger charge is 2.22. The molecule has 7 nitrogen and oxygen atoms in total. The Labute approximate surface area is 107 Å². The topological polar surface area (TPSA) is 115 Å². The normalized spacial score (nSPS) is 13.8. The van der Waals surface area contributed by atoms with Crippen molar-refractivity contribution in [2.45, 2.75) is 9.79 Å². The van der Waals surface area contributed by atoms with Crippen molar-refractivity contribution in [2.75, 3.05) is 12.0 Å². The number of carboxylic acids is 1. The van der Waals surface area contributed by atoms with Crippen LogP contribution in [0.1, 0.15) is 0 Å². The number of benzene rings is 1. The summed E-state index contributed by atoms with van der Waals surface area (Å²) in [5, 5.41) is 19.3. The number of nitro groups is 1. The van der Waals surface area contributed by atoms with E-state index < -0.39 is 43.9 Å². The SMILES string of the molecule is CS(=O)c1ccc(S(=O)CC(=O)O)c([N+](=O)[O-])c1. The number of carboxylic acid groups (broad SMARTS) is 1. The molecule has 0 saturated carbocycles. The van der Waals surface area contributed by atoms with E-state index >= 15 is 0 Å². The Morgan fingerprint density at radius 2 is 2.06 bits per heavy atom. The average Bonchev–Trinajstić information content (AvgIpc) is 2.26. The van der Waals surface area contributed by atoms with E-state index in [1.165, 1.54) is 18.4 Å². The fraction of sp³-hybridized carbons (Fsp3) is 0.222. The second kappa shape index (κ2) is 5.83. The molecule has 1 aromatic rings. The number of hydrogen-bond acceptors (Lipinski definition) is 5. The van der Waals surface area contributed by atoms with Crippen LogP contribution in [0, 0.1) is 10.1 Å². The first kappa shape index (κ1) is 14.5. The van der Waals surface area contributed by atoms with E-state index in [1.54, 1.807) is 0 Å². The van der Waals surface area contributed by atoms with E-state index in [-0.39, 0.29) is 9.79 Å². The van der Waals surface area contributed by atoms with Crippen LogP contribution in [0.5, 0.6) is 0 Å². The van der Waals surface area contributed by atoms with E-state index in [4.69, 9.17) is 5.11 Å². The first-order chi connectivity index (χ1) is 8.32. The van der Waals surface area contributed by atoms with Gasteiger partial charge in [0.2, 0.25) is 0 Å². The zero-order valence-electron chi connectivity index (χ0n) is 9.19. The lowest BCUT2D eigenvalue weighted by atomic mass is 10.3. The standard InChI is InChI=1S/C9H9NO6S2/c1-17(15)6-2-3-8(7(4-6)10(13)14)18(16)5-9(11)12/h2-4H,5H2,1H3,(H,11,12). The fourth-order valence-electron chi connectivity index (χ4n) is 1.20. The van der Waals surface area contributed by atoms with Crippen LogP contribution in [0.2, 0.25) is 0 Å². The Kier molecular flexibility index (Phi) is 4.68. The lowest BCUT2D eigenvalue weighted by molar-refractivity contribution is -0.388. The minimum atomic E-state index is -2.01. The average molecular weight is 291 g/mol. The van der Waals surface area contributed by atoms with Gasteiger partial charge in [0.05, 0.1) is 26.5 Å². The molecule has 9 heteroatoms. The lowest BCUT2D eigenvalue weighted by Crippen LogP contribution is -2.11. The van der Waals surface area contributed by atoms with Crippen LogP contribution in [0.25, 0.3) is 0 Å². The Hall–Kier alpha value is -1.61. The second-order valence-electron chi connectivity index (χ2n) is 3.22. The minimum Gasteiger partial charge on any atom is -0.481 e. The summed E-state index contributed by atoms with van der Waals surface area (Å²) in [5.74, 6) is -2.03. The van der Waals surface area contributed by atoms with Crippen molar-refractivity contribution >= 4 is 33.3 Å². The maximum Gasteiger partial charge on any atom is 0.316 e. The highest BCUT2D eigenvalue weighted by molar-refractivity contribution is 7.86. The van der Waals surface area contributed by atoms with Crippen molar-refractivity contribution in [1.29, 1.82) is 0 Å². The third-order valence-electron chi connectivity index (χ3n) is 1.96. The number of nitro benzene ring substituents is 1. The molecule has 0 aliphatic heterocycles. The Morgan fingerprint density at radius 3 is 2.50 bits per heavy atom. The van der Waals surface area contributed by atoms with Gasteiger partial charge >= 0.3 is 5.97 Å². The molecule has 0 heterocycles. The highest BCUT2D eigenvalue weighted by Crippen LogP contribution is 2.25. The predicted molar refractivity (Wildman–Crippen MR) is 64.3 cm³/mol. The van der Waals surface area contributed by atoms with Gasteiger partial charge in [0.1, 0.15) is 10.6 Å². The van der Waals surface area contributed by atoms with Gasteiger partial charge in [0.25, 0.3) is 5.69 Å². The van der Waals surface area contributed by atoms with E-state index in [9.17, 15) is 23.3 Å². The summed E-state index contributed by atoms with van der Waals surface area (Å²) in [6, 6.07) is 3.55. The van der Waals surface area contributed by atoms with Gasteiger partial charge in [-0.15, -0.1) is 0 Å². The smallest absolute Gasteiger partial charge is 0.316 e. The van der Waals surface area contributed by atoms with Crippen LogP contribution in [-0.2, 0) is 26.4 Å². The number of aliphatic carboxylic acids is 1. The molecule has 98 valence electrons. The van der Waals surface area contributed by atoms with Gasteiger partial charge in [0.15, 0.2) is 0 Å². The summed E-state index contributed by atoms with van der Waals surface area (Å²) in [6.07, 6.45) is 1.35. The first-order valence-electron chi connectivity index (χ1n) is 4.55. The third kappa shape index (κ3) is 3.44. The molecule has 0 amide bonds. The molecule has 0 saturated heterocycles. The molecule has 2 unspecified atom stereocenters. The van der Waals surface area contributed by atoms with Crippen molar-refractivity contribution in [3.8, 4) is 0 Å². The zero-order valence-corrected chi connectivity index (χ0v) is 10.8. The zero-order chi connectivity index (χ0) is 13.9. The van der Waals surface area contributed by atoms with Gasteiger partial charge in [0, 0.05) is 17.2 Å². The van der Waals surface area contributed by atoms with Crippen LogP contribution >= 0.6 is 0 Å². The Bertz CT molecular complexity index is 556. The maximum absolute atomic E-state index is 11.6. The molecule has 1 N–H and O–H groups in total. The largest absolute Gasteiger partial charge is 0.481 e. The van der Waals surface area contributed by atoms with Crippen LogP contribution in [-0.4, -0.2) is 36.4 Å². The second-order valence-corrected chi connectivity index (χ2v) is 6.02. The van der Waals surface area contributed by atoms with E-state index in [0.717, 1.165) is 6.07 Å². The Morgan fingerprint density at radius 1 is 1.44 bits per heavy atom. The minimum absolute atomic E-state index is 0.184. The summed E-state index contributed by atoms with van der Waals surface area (Å²) in [7, 11) is -3.42. The molecular formula is C9H9NO6S2. The van der Waals surface area contributed by atoms with Gasteiger partial charge < -0.3 is 5.11 Å². The molecule has 1 aromatic carbocycles. The summed E-state index contributed by atoms with van der Waals surface area (Å²) in [4.78, 5) is 20.5. The molecule has 0 aliphatic rings. The fourth-order valence-corrected chi connectivity index (χ4v) is 2.70. The van der Waals surface area contributed by atoms with Crippen molar-refractivity contribution in [3.05, 3.63) is 28.3 Å². The van der Waals surface area contributed by atoms with E-state index in [2.05, 4.69) is 0 Å². The molecule has 1 rings (SSSR count). The predicted octanol–water partition coefficient (Wildman–Crippen LogP) is 0.524. The number of carbonyl (C=O) groups is 1. The van der Waals surface area contributed by atoms with E-state index in [0.29, 0.717) is 0 Å². The van der Waals surface area contributed by atoms with Crippen molar-refractivity contribution < 1.29 is 23.2 Å².